The van der Waals surface area contributed by atoms with Crippen molar-refractivity contribution >= 4 is 30.4 Å². The minimum absolute atomic E-state index is 0.0000723. The normalized spacial score (nSPS) is 13.5. The molecule has 3 nitrogen and oxygen atoms in total. The number of alkyl halides is 6. The molecule has 0 radical (unpaired) electrons. The zero-order valence-electron chi connectivity index (χ0n) is 14.7. The van der Waals surface area contributed by atoms with Gasteiger partial charge in [0.1, 0.15) is 0 Å². The summed E-state index contributed by atoms with van der Waals surface area (Å²) in [4.78, 5) is 0. The maximum absolute atomic E-state index is 12.9. The first-order chi connectivity index (χ1) is 12.6. The van der Waals surface area contributed by atoms with Crippen LogP contribution >= 0.6 is 20.2 Å². The quantitative estimate of drug-likeness (QED) is 0.273. The number of hydrogen-bond donors (Lipinski definition) is 0. The van der Waals surface area contributed by atoms with Crippen molar-refractivity contribution in [2.24, 2.45) is 0 Å². The molecule has 11 heteroatoms. The maximum atomic E-state index is 12.9. The van der Waals surface area contributed by atoms with E-state index in [1.807, 2.05) is 0 Å². The Balaban J connectivity index is 2.64. The van der Waals surface area contributed by atoms with E-state index in [0.29, 0.717) is 26.8 Å². The number of aryl methyl sites for hydroxylation is 3. The molecule has 0 aliphatic rings. The Hall–Kier alpha value is -1.34. The third-order valence-corrected chi connectivity index (χ3v) is 11.4. The van der Waals surface area contributed by atoms with Gasteiger partial charge in [0.2, 0.25) is 0 Å². The SMILES string of the molecule is Cc1cc(C)c(I(OS(=O)(=O)C(F)(F)F)c2ccc(C(F)(F)F)cc2)c(C)c1. The summed E-state index contributed by atoms with van der Waals surface area (Å²) in [7, 11) is -5.93. The van der Waals surface area contributed by atoms with Gasteiger partial charge in [-0.3, -0.25) is 0 Å². The zero-order valence-corrected chi connectivity index (χ0v) is 17.7. The van der Waals surface area contributed by atoms with E-state index >= 15 is 0 Å². The number of rotatable bonds is 4. The van der Waals surface area contributed by atoms with E-state index < -0.39 is 47.6 Å². The van der Waals surface area contributed by atoms with E-state index in [4.69, 9.17) is 0 Å². The molecule has 0 aliphatic carbocycles. The van der Waals surface area contributed by atoms with E-state index in [-0.39, 0.29) is 3.57 Å². The predicted octanol–water partition coefficient (Wildman–Crippen LogP) is 5.96. The Morgan fingerprint density at radius 3 is 1.71 bits per heavy atom. The predicted molar refractivity (Wildman–Crippen MR) is 99.6 cm³/mol. The molecule has 0 unspecified atom stereocenters. The third-order valence-electron chi connectivity index (χ3n) is 3.55. The Labute approximate surface area is 165 Å². The van der Waals surface area contributed by atoms with Crippen LogP contribution in [-0.4, -0.2) is 13.9 Å². The molecule has 0 heterocycles. The van der Waals surface area contributed by atoms with Gasteiger partial charge in [0.15, 0.2) is 0 Å². The molecule has 0 atom stereocenters. The van der Waals surface area contributed by atoms with Gasteiger partial charge in [-0.05, 0) is 0 Å². The van der Waals surface area contributed by atoms with Crippen LogP contribution in [0.15, 0.2) is 36.4 Å². The standard InChI is InChI=1S/C17H15F6IO3S/c1-10-8-11(2)15(12(3)9-10)24(27-28(25,26)17(21,22)23)14-6-4-13(5-7-14)16(18,19)20/h4-9H,1-3H3. The van der Waals surface area contributed by atoms with E-state index in [0.717, 1.165) is 17.7 Å². The van der Waals surface area contributed by atoms with Crippen molar-refractivity contribution in [2.75, 3.05) is 0 Å². The summed E-state index contributed by atoms with van der Waals surface area (Å²) in [6.07, 6.45) is -4.63. The van der Waals surface area contributed by atoms with Crippen molar-refractivity contribution in [3.05, 3.63) is 65.8 Å². The summed E-state index contributed by atoms with van der Waals surface area (Å²) in [6.45, 7) is 4.94. The first kappa shape index (κ1) is 22.9. The number of hydrogen-bond acceptors (Lipinski definition) is 3. The van der Waals surface area contributed by atoms with Crippen LogP contribution in [-0.2, 0) is 18.8 Å². The first-order valence-corrected chi connectivity index (χ1v) is 12.0. The molecule has 0 saturated carbocycles. The fourth-order valence-corrected chi connectivity index (χ4v) is 9.54. The van der Waals surface area contributed by atoms with Crippen LogP contribution in [0, 0.1) is 27.9 Å². The molecule has 0 aliphatic heterocycles. The van der Waals surface area contributed by atoms with Crippen LogP contribution in [0.25, 0.3) is 0 Å². The van der Waals surface area contributed by atoms with Gasteiger partial charge in [-0.25, -0.2) is 0 Å². The monoisotopic (exact) mass is 540 g/mol. The summed E-state index contributed by atoms with van der Waals surface area (Å²) in [5, 5.41) is 0. The molecule has 0 fully saturated rings. The molecule has 2 aromatic rings. The van der Waals surface area contributed by atoms with Crippen LogP contribution in [0.5, 0.6) is 0 Å². The second-order valence-corrected chi connectivity index (χ2v) is 12.2. The van der Waals surface area contributed by atoms with Gasteiger partial charge in [-0.15, -0.1) is 0 Å². The molecule has 0 saturated heterocycles. The molecule has 0 aromatic heterocycles. The molecule has 156 valence electrons. The topological polar surface area (TPSA) is 43.4 Å². The van der Waals surface area contributed by atoms with Crippen LogP contribution < -0.4 is 0 Å². The first-order valence-electron chi connectivity index (χ1n) is 7.60. The molecule has 0 N–H and O–H groups in total. The van der Waals surface area contributed by atoms with E-state index in [2.05, 4.69) is 2.51 Å². The molecular weight excluding hydrogens is 525 g/mol. The van der Waals surface area contributed by atoms with Gasteiger partial charge in [0.25, 0.3) is 0 Å². The summed E-state index contributed by atoms with van der Waals surface area (Å²) in [5.41, 5.74) is -4.80. The minimum atomic E-state index is -5.93. The van der Waals surface area contributed by atoms with Crippen LogP contribution in [0.4, 0.5) is 26.3 Å². The van der Waals surface area contributed by atoms with Crippen LogP contribution in [0.1, 0.15) is 22.3 Å². The molecule has 0 amide bonds. The molecular formula is C17H15F6IO3S. The summed E-state index contributed by atoms with van der Waals surface area (Å²) >= 11 is -3.75. The Bertz CT molecular complexity index is 943. The van der Waals surface area contributed by atoms with Crippen molar-refractivity contribution < 1.29 is 37.3 Å². The van der Waals surface area contributed by atoms with Crippen molar-refractivity contribution in [2.45, 2.75) is 32.5 Å². The van der Waals surface area contributed by atoms with Gasteiger partial charge in [-0.2, -0.15) is 0 Å². The van der Waals surface area contributed by atoms with Gasteiger partial charge in [0, 0.05) is 0 Å². The second-order valence-electron chi connectivity index (χ2n) is 5.93. The van der Waals surface area contributed by atoms with Gasteiger partial charge < -0.3 is 0 Å². The summed E-state index contributed by atoms with van der Waals surface area (Å²) < 4.78 is 105. The molecule has 0 spiro atoms. The van der Waals surface area contributed by atoms with Crippen molar-refractivity contribution in [1.82, 2.24) is 0 Å². The van der Waals surface area contributed by atoms with Crippen LogP contribution in [0.2, 0.25) is 0 Å². The van der Waals surface area contributed by atoms with E-state index in [9.17, 15) is 34.8 Å². The van der Waals surface area contributed by atoms with Crippen molar-refractivity contribution in [1.29, 1.82) is 0 Å². The number of halogens is 7. The van der Waals surface area contributed by atoms with Crippen molar-refractivity contribution in [3.8, 4) is 0 Å². The Morgan fingerprint density at radius 2 is 1.32 bits per heavy atom. The molecule has 2 aromatic carbocycles. The number of benzene rings is 2. The Morgan fingerprint density at radius 1 is 0.857 bits per heavy atom. The molecule has 0 bridgehead atoms. The van der Waals surface area contributed by atoms with Gasteiger partial charge >= 0.3 is 166 Å². The van der Waals surface area contributed by atoms with Gasteiger partial charge in [0.05, 0.1) is 0 Å². The van der Waals surface area contributed by atoms with Gasteiger partial charge in [-0.1, -0.05) is 0 Å². The summed E-state index contributed by atoms with van der Waals surface area (Å²) in [6, 6.07) is 6.64. The van der Waals surface area contributed by atoms with E-state index in [1.165, 1.54) is 0 Å². The van der Waals surface area contributed by atoms with E-state index in [1.54, 1.807) is 32.9 Å². The van der Waals surface area contributed by atoms with Crippen LogP contribution in [0.3, 0.4) is 0 Å². The average Bonchev–Trinajstić information content (AvgIpc) is 2.51. The molecule has 28 heavy (non-hydrogen) atoms. The molecule has 2 rings (SSSR count). The average molecular weight is 540 g/mol. The summed E-state index contributed by atoms with van der Waals surface area (Å²) in [5.74, 6) is 0. The zero-order chi connectivity index (χ0) is 21.5. The third kappa shape index (κ3) is 4.98. The van der Waals surface area contributed by atoms with Crippen molar-refractivity contribution in [3.63, 3.8) is 0 Å². The fraction of sp³-hybridized carbons (Fsp3) is 0.294. The second kappa shape index (κ2) is 7.82. The Kier molecular flexibility index (Phi) is 6.41. The fourth-order valence-electron chi connectivity index (χ4n) is 2.48.